The van der Waals surface area contributed by atoms with E-state index in [0.29, 0.717) is 105 Å². The fraction of sp³-hybridized carbons (Fsp3) is 0.574. The molecule has 16 nitrogen and oxygen atoms in total. The largest absolute Gasteiger partial charge is 0.491 e. The van der Waals surface area contributed by atoms with Gasteiger partial charge in [0.1, 0.15) is 19.0 Å². The highest BCUT2D eigenvalue weighted by Gasteiger charge is 2.35. The van der Waals surface area contributed by atoms with E-state index in [4.69, 9.17) is 47.4 Å². The molecule has 1 aliphatic rings. The Morgan fingerprint density at radius 1 is 0.619 bits per heavy atom. The molecule has 0 fully saturated rings. The standard InChI is InChI=1S/C47H68N2O14/c1-54-16-18-56-20-22-58-24-26-60-28-30-62-40-14-12-37(13-15-40)32-39(46(52)49-45-41-11-7-6-10-38(41)34-44(45)51)35-43(50)42(33-36-8-4-3-5-9-36)48-47(53)63-31-29-61-27-25-59-23-21-57-19-17-55-2/h3-15,39,42-45,50-51H,16-35H2,1-2H3,(H,48,53)(H,49,52)/t39-,42+,43+,44-,45+/m1/s1. The predicted molar refractivity (Wildman–Crippen MR) is 234 cm³/mol. The summed E-state index contributed by atoms with van der Waals surface area (Å²) >= 11 is 0. The van der Waals surface area contributed by atoms with Gasteiger partial charge in [0.2, 0.25) is 5.91 Å². The number of ether oxygens (including phenoxy) is 10. The summed E-state index contributed by atoms with van der Waals surface area (Å²) in [5, 5.41) is 28.7. The summed E-state index contributed by atoms with van der Waals surface area (Å²) in [7, 11) is 3.24. The second-order valence-corrected chi connectivity index (χ2v) is 14.9. The van der Waals surface area contributed by atoms with E-state index in [2.05, 4.69) is 10.6 Å². The molecule has 0 radical (unpaired) electrons. The fourth-order valence-corrected chi connectivity index (χ4v) is 6.89. The highest BCUT2D eigenvalue weighted by atomic mass is 16.6. The number of rotatable bonds is 35. The lowest BCUT2D eigenvalue weighted by molar-refractivity contribution is -0.127. The number of carbonyl (C=O) groups excluding carboxylic acids is 2. The highest BCUT2D eigenvalue weighted by molar-refractivity contribution is 5.80. The molecule has 3 aromatic rings. The van der Waals surface area contributed by atoms with Crippen LogP contribution in [-0.2, 0) is 66.7 Å². The van der Waals surface area contributed by atoms with Crippen LogP contribution in [0.5, 0.6) is 5.75 Å². The average molecular weight is 885 g/mol. The van der Waals surface area contributed by atoms with Gasteiger partial charge in [0.05, 0.1) is 117 Å². The number of methoxy groups -OCH3 is 2. The molecule has 1 aliphatic carbocycles. The van der Waals surface area contributed by atoms with E-state index in [0.717, 1.165) is 22.3 Å². The summed E-state index contributed by atoms with van der Waals surface area (Å²) in [5.74, 6) is -0.416. The first-order valence-corrected chi connectivity index (χ1v) is 21.8. The molecule has 16 heteroatoms. The van der Waals surface area contributed by atoms with Crippen LogP contribution in [0.15, 0.2) is 78.9 Å². The molecular formula is C47H68N2O14. The lowest BCUT2D eigenvalue weighted by Gasteiger charge is -2.28. The highest BCUT2D eigenvalue weighted by Crippen LogP contribution is 2.32. The molecule has 0 unspecified atom stereocenters. The number of benzene rings is 3. The first-order valence-electron chi connectivity index (χ1n) is 21.8. The molecular weight excluding hydrogens is 817 g/mol. The van der Waals surface area contributed by atoms with E-state index in [9.17, 15) is 19.8 Å². The zero-order valence-electron chi connectivity index (χ0n) is 36.8. The summed E-state index contributed by atoms with van der Waals surface area (Å²) in [4.78, 5) is 27.3. The Balaban J connectivity index is 1.31. The van der Waals surface area contributed by atoms with E-state index in [1.54, 1.807) is 14.2 Å². The van der Waals surface area contributed by atoms with Crippen LogP contribution in [0.4, 0.5) is 4.79 Å². The lowest BCUT2D eigenvalue weighted by atomic mass is 9.88. The predicted octanol–water partition coefficient (Wildman–Crippen LogP) is 3.48. The van der Waals surface area contributed by atoms with Crippen LogP contribution in [0.1, 0.15) is 34.7 Å². The molecule has 4 N–H and O–H groups in total. The summed E-state index contributed by atoms with van der Waals surface area (Å²) in [6.45, 7) is 6.42. The van der Waals surface area contributed by atoms with Gasteiger partial charge >= 0.3 is 6.09 Å². The first-order chi connectivity index (χ1) is 30.9. The third-order valence-electron chi connectivity index (χ3n) is 10.2. The van der Waals surface area contributed by atoms with Gasteiger partial charge in [-0.3, -0.25) is 4.79 Å². The second-order valence-electron chi connectivity index (χ2n) is 14.9. The maximum atomic E-state index is 14.2. The van der Waals surface area contributed by atoms with Gasteiger partial charge in [0.15, 0.2) is 0 Å². The van der Waals surface area contributed by atoms with E-state index in [1.807, 2.05) is 78.9 Å². The smallest absolute Gasteiger partial charge is 0.407 e. The van der Waals surface area contributed by atoms with Gasteiger partial charge in [0, 0.05) is 26.6 Å². The number of hydrogen-bond donors (Lipinski definition) is 4. The summed E-state index contributed by atoms with van der Waals surface area (Å²) < 4.78 is 54.0. The van der Waals surface area contributed by atoms with Gasteiger partial charge in [-0.05, 0) is 53.6 Å². The number of aliphatic hydroxyl groups excluding tert-OH is 2. The molecule has 4 rings (SSSR count). The van der Waals surface area contributed by atoms with Crippen molar-refractivity contribution >= 4 is 12.0 Å². The molecule has 0 saturated carbocycles. The van der Waals surface area contributed by atoms with E-state index >= 15 is 0 Å². The number of amides is 2. The molecule has 5 atom stereocenters. The Morgan fingerprint density at radius 2 is 1.13 bits per heavy atom. The fourth-order valence-electron chi connectivity index (χ4n) is 6.89. The van der Waals surface area contributed by atoms with Gasteiger partial charge in [-0.15, -0.1) is 0 Å². The van der Waals surface area contributed by atoms with Crippen molar-refractivity contribution in [3.8, 4) is 5.75 Å². The van der Waals surface area contributed by atoms with Crippen molar-refractivity contribution in [1.82, 2.24) is 10.6 Å². The van der Waals surface area contributed by atoms with E-state index < -0.39 is 36.3 Å². The Kier molecular flexibility index (Phi) is 25.8. The van der Waals surface area contributed by atoms with Crippen LogP contribution in [0, 0.1) is 5.92 Å². The van der Waals surface area contributed by atoms with Crippen LogP contribution in [0.25, 0.3) is 0 Å². The van der Waals surface area contributed by atoms with Crippen LogP contribution in [0.2, 0.25) is 0 Å². The normalized spacial score (nSPS) is 15.9. The Bertz CT molecular complexity index is 1650. The number of fused-ring (bicyclic) bond motifs is 1. The minimum Gasteiger partial charge on any atom is -0.491 e. The van der Waals surface area contributed by atoms with Gasteiger partial charge < -0.3 is 68.2 Å². The molecule has 350 valence electrons. The van der Waals surface area contributed by atoms with Crippen molar-refractivity contribution in [2.75, 3.05) is 120 Å². The summed E-state index contributed by atoms with van der Waals surface area (Å²) in [6.07, 6.45) is -1.66. The topological polar surface area (TPSA) is 191 Å². The number of nitrogens with one attached hydrogen (secondary N) is 2. The maximum absolute atomic E-state index is 14.2. The number of aliphatic hydroxyl groups is 2. The Labute approximate surface area is 371 Å². The van der Waals surface area contributed by atoms with Crippen molar-refractivity contribution in [1.29, 1.82) is 0 Å². The minimum absolute atomic E-state index is 0.00868. The molecule has 2 amide bonds. The molecule has 0 bridgehead atoms. The number of carbonyl (C=O) groups is 2. The van der Waals surface area contributed by atoms with Crippen molar-refractivity contribution < 1.29 is 67.2 Å². The molecule has 63 heavy (non-hydrogen) atoms. The molecule has 0 heterocycles. The summed E-state index contributed by atoms with van der Waals surface area (Å²) in [5.41, 5.74) is 3.57. The van der Waals surface area contributed by atoms with E-state index in [1.165, 1.54) is 0 Å². The quantitative estimate of drug-likeness (QED) is 0.0629. The number of alkyl carbamates (subject to hydrolysis) is 1. The molecule has 3 aromatic carbocycles. The monoisotopic (exact) mass is 884 g/mol. The molecule has 0 aliphatic heterocycles. The molecule has 0 saturated heterocycles. The first kappa shape index (κ1) is 51.4. The van der Waals surface area contributed by atoms with Crippen LogP contribution >= 0.6 is 0 Å². The third kappa shape index (κ3) is 20.9. The average Bonchev–Trinajstić information content (AvgIpc) is 3.61. The van der Waals surface area contributed by atoms with Gasteiger partial charge in [-0.25, -0.2) is 4.79 Å². The Hall–Kier alpha value is -4.20. The third-order valence-corrected chi connectivity index (χ3v) is 10.2. The van der Waals surface area contributed by atoms with Crippen LogP contribution in [0.3, 0.4) is 0 Å². The minimum atomic E-state index is -1.15. The van der Waals surface area contributed by atoms with Crippen molar-refractivity contribution in [3.63, 3.8) is 0 Å². The van der Waals surface area contributed by atoms with Crippen LogP contribution < -0.4 is 15.4 Å². The number of hydrogen-bond acceptors (Lipinski definition) is 14. The van der Waals surface area contributed by atoms with Gasteiger partial charge in [-0.1, -0.05) is 66.7 Å². The van der Waals surface area contributed by atoms with Crippen LogP contribution in [-0.4, -0.2) is 160 Å². The maximum Gasteiger partial charge on any atom is 0.407 e. The zero-order valence-corrected chi connectivity index (χ0v) is 36.8. The zero-order chi connectivity index (χ0) is 44.7. The van der Waals surface area contributed by atoms with Crippen molar-refractivity contribution in [2.45, 2.75) is 50.0 Å². The molecule has 0 spiro atoms. The Morgan fingerprint density at radius 3 is 1.71 bits per heavy atom. The molecule has 0 aromatic heterocycles. The summed E-state index contributed by atoms with van der Waals surface area (Å²) in [6, 6.07) is 23.2. The SMILES string of the molecule is COCCOCCOCCOCCOC(=O)N[C@@H](Cc1ccccc1)[C@@H](O)C[C@@H](Cc1ccc(OCCOCCOCCOCCOC)cc1)C(=O)N[C@H]1c2ccccc2C[C@H]1O. The second kappa shape index (κ2) is 31.6. The van der Waals surface area contributed by atoms with Gasteiger partial charge in [0.25, 0.3) is 0 Å². The van der Waals surface area contributed by atoms with Crippen molar-refractivity contribution in [3.05, 3.63) is 101 Å². The van der Waals surface area contributed by atoms with Crippen molar-refractivity contribution in [2.24, 2.45) is 5.92 Å². The van der Waals surface area contributed by atoms with E-state index in [-0.39, 0.29) is 38.4 Å². The lowest BCUT2D eigenvalue weighted by Crippen LogP contribution is -2.47. The van der Waals surface area contributed by atoms with Gasteiger partial charge in [-0.2, -0.15) is 0 Å².